The maximum Gasteiger partial charge on any atom is 0.0366 e. The predicted molar refractivity (Wildman–Crippen MR) is 88.3 cm³/mol. The molecule has 1 aromatic rings. The second-order valence-corrected chi connectivity index (χ2v) is 6.64. The molecule has 20 heavy (non-hydrogen) atoms. The zero-order chi connectivity index (χ0) is 14.4. The van der Waals surface area contributed by atoms with Gasteiger partial charge in [0, 0.05) is 30.9 Å². The molecule has 0 saturated carbocycles. The van der Waals surface area contributed by atoms with Gasteiger partial charge in [-0.1, -0.05) is 32.0 Å². The molecule has 0 bridgehead atoms. The summed E-state index contributed by atoms with van der Waals surface area (Å²) in [6, 6.07) is 12.2. The summed E-state index contributed by atoms with van der Waals surface area (Å²) in [4.78, 5) is 2.51. The summed E-state index contributed by atoms with van der Waals surface area (Å²) in [6.07, 6.45) is 5.16. The van der Waals surface area contributed by atoms with E-state index in [4.69, 9.17) is 0 Å². The summed E-state index contributed by atoms with van der Waals surface area (Å²) >= 11 is 0. The number of nitrogens with zero attached hydrogens (tertiary/aromatic N) is 1. The van der Waals surface area contributed by atoms with E-state index in [0.29, 0.717) is 12.1 Å². The number of nitrogens with one attached hydrogen (secondary N) is 1. The first-order valence-corrected chi connectivity index (χ1v) is 8.21. The lowest BCUT2D eigenvalue weighted by molar-refractivity contribution is 0.353. The molecule has 2 nitrogen and oxygen atoms in total. The minimum absolute atomic E-state index is 0.658. The van der Waals surface area contributed by atoms with E-state index in [9.17, 15) is 0 Å². The highest BCUT2D eigenvalue weighted by Gasteiger charge is 2.20. The highest BCUT2D eigenvalue weighted by Crippen LogP contribution is 2.20. The number of hydrogen-bond acceptors (Lipinski definition) is 2. The standard InChI is InChI=1S/C18H30N2/c1-15(2)9-10-16(3)19-17-11-13-20(14-12-17)18-7-5-4-6-8-18/h4-8,15-17,19H,9-14H2,1-3H3. The van der Waals surface area contributed by atoms with Crippen molar-refractivity contribution in [3.05, 3.63) is 30.3 Å². The lowest BCUT2D eigenvalue weighted by atomic mass is 10.0. The SMILES string of the molecule is CC(C)CCC(C)NC1CCN(c2ccccc2)CC1. The van der Waals surface area contributed by atoms with Crippen LogP contribution in [0.4, 0.5) is 5.69 Å². The lowest BCUT2D eigenvalue weighted by Gasteiger charge is -2.35. The molecule has 0 spiro atoms. The van der Waals surface area contributed by atoms with Crippen LogP contribution >= 0.6 is 0 Å². The number of rotatable bonds is 6. The Bertz CT molecular complexity index is 366. The second kappa shape index (κ2) is 7.68. The third-order valence-corrected chi connectivity index (χ3v) is 4.31. The van der Waals surface area contributed by atoms with Crippen molar-refractivity contribution in [2.24, 2.45) is 5.92 Å². The molecule has 0 radical (unpaired) electrons. The van der Waals surface area contributed by atoms with E-state index < -0.39 is 0 Å². The number of piperidine rings is 1. The minimum atomic E-state index is 0.658. The van der Waals surface area contributed by atoms with Gasteiger partial charge in [0.05, 0.1) is 0 Å². The fourth-order valence-corrected chi connectivity index (χ4v) is 3.01. The van der Waals surface area contributed by atoms with E-state index >= 15 is 0 Å². The number of benzene rings is 1. The molecule has 2 heteroatoms. The zero-order valence-electron chi connectivity index (χ0n) is 13.3. The molecule has 1 heterocycles. The van der Waals surface area contributed by atoms with Gasteiger partial charge in [0.25, 0.3) is 0 Å². The van der Waals surface area contributed by atoms with Crippen molar-refractivity contribution in [2.45, 2.75) is 58.5 Å². The molecule has 1 N–H and O–H groups in total. The molecule has 1 saturated heterocycles. The number of anilines is 1. The smallest absolute Gasteiger partial charge is 0.0366 e. The fourth-order valence-electron chi connectivity index (χ4n) is 3.01. The van der Waals surface area contributed by atoms with Gasteiger partial charge < -0.3 is 10.2 Å². The van der Waals surface area contributed by atoms with Gasteiger partial charge in [0.2, 0.25) is 0 Å². The summed E-state index contributed by atoms with van der Waals surface area (Å²) in [5.41, 5.74) is 1.37. The van der Waals surface area contributed by atoms with Crippen LogP contribution in [0.1, 0.15) is 46.5 Å². The molecule has 1 aliphatic rings. The Kier molecular flexibility index (Phi) is 5.90. The van der Waals surface area contributed by atoms with Crippen LogP contribution in [0.3, 0.4) is 0 Å². The van der Waals surface area contributed by atoms with Crippen molar-refractivity contribution in [2.75, 3.05) is 18.0 Å². The van der Waals surface area contributed by atoms with Crippen LogP contribution in [0, 0.1) is 5.92 Å². The van der Waals surface area contributed by atoms with Crippen molar-refractivity contribution in [3.63, 3.8) is 0 Å². The van der Waals surface area contributed by atoms with Crippen molar-refractivity contribution in [1.82, 2.24) is 5.32 Å². The Morgan fingerprint density at radius 1 is 1.05 bits per heavy atom. The summed E-state index contributed by atoms with van der Waals surface area (Å²) in [5.74, 6) is 0.819. The van der Waals surface area contributed by atoms with Gasteiger partial charge in [-0.2, -0.15) is 0 Å². The first kappa shape index (κ1) is 15.4. The van der Waals surface area contributed by atoms with E-state index in [1.165, 1.54) is 44.5 Å². The number of hydrogen-bond donors (Lipinski definition) is 1. The Balaban J connectivity index is 1.71. The van der Waals surface area contributed by atoms with Crippen LogP contribution in [-0.4, -0.2) is 25.2 Å². The number of para-hydroxylation sites is 1. The monoisotopic (exact) mass is 274 g/mol. The molecule has 1 unspecified atom stereocenters. The molecule has 112 valence electrons. The fraction of sp³-hybridized carbons (Fsp3) is 0.667. The van der Waals surface area contributed by atoms with E-state index in [2.05, 4.69) is 61.3 Å². The van der Waals surface area contributed by atoms with E-state index in [1.54, 1.807) is 0 Å². The van der Waals surface area contributed by atoms with Gasteiger partial charge in [0.15, 0.2) is 0 Å². The molecule has 0 amide bonds. The maximum atomic E-state index is 3.82. The molecular formula is C18H30N2. The third kappa shape index (κ3) is 4.82. The highest BCUT2D eigenvalue weighted by atomic mass is 15.1. The summed E-state index contributed by atoms with van der Waals surface area (Å²) in [6.45, 7) is 9.32. The largest absolute Gasteiger partial charge is 0.371 e. The van der Waals surface area contributed by atoms with Crippen LogP contribution in [-0.2, 0) is 0 Å². The molecule has 1 aromatic carbocycles. The van der Waals surface area contributed by atoms with Gasteiger partial charge in [-0.25, -0.2) is 0 Å². The van der Waals surface area contributed by atoms with E-state index in [0.717, 1.165) is 5.92 Å². The second-order valence-electron chi connectivity index (χ2n) is 6.64. The van der Waals surface area contributed by atoms with Crippen LogP contribution in [0.2, 0.25) is 0 Å². The molecule has 1 aliphatic heterocycles. The van der Waals surface area contributed by atoms with Gasteiger partial charge >= 0.3 is 0 Å². The van der Waals surface area contributed by atoms with Crippen molar-refractivity contribution in [3.8, 4) is 0 Å². The third-order valence-electron chi connectivity index (χ3n) is 4.31. The Labute approximate surface area is 124 Å². The van der Waals surface area contributed by atoms with Gasteiger partial charge in [-0.3, -0.25) is 0 Å². The summed E-state index contributed by atoms with van der Waals surface area (Å²) in [5, 5.41) is 3.82. The van der Waals surface area contributed by atoms with Crippen LogP contribution < -0.4 is 10.2 Å². The Morgan fingerprint density at radius 3 is 2.30 bits per heavy atom. The molecule has 2 rings (SSSR count). The van der Waals surface area contributed by atoms with Crippen LogP contribution in [0.5, 0.6) is 0 Å². The van der Waals surface area contributed by atoms with Crippen molar-refractivity contribution >= 4 is 5.69 Å². The summed E-state index contributed by atoms with van der Waals surface area (Å²) < 4.78 is 0. The Hall–Kier alpha value is -1.02. The van der Waals surface area contributed by atoms with Crippen molar-refractivity contribution in [1.29, 1.82) is 0 Å². The average molecular weight is 274 g/mol. The van der Waals surface area contributed by atoms with Crippen LogP contribution in [0.15, 0.2) is 30.3 Å². The predicted octanol–water partition coefficient (Wildman–Crippen LogP) is 4.07. The highest BCUT2D eigenvalue weighted by molar-refractivity contribution is 5.46. The van der Waals surface area contributed by atoms with Gasteiger partial charge in [0.1, 0.15) is 0 Å². The molecule has 1 fully saturated rings. The van der Waals surface area contributed by atoms with Crippen molar-refractivity contribution < 1.29 is 0 Å². The molecule has 1 atom stereocenters. The quantitative estimate of drug-likeness (QED) is 0.841. The van der Waals surface area contributed by atoms with E-state index in [1.807, 2.05) is 0 Å². The molecule has 0 aliphatic carbocycles. The minimum Gasteiger partial charge on any atom is -0.371 e. The summed E-state index contributed by atoms with van der Waals surface area (Å²) in [7, 11) is 0. The van der Waals surface area contributed by atoms with E-state index in [-0.39, 0.29) is 0 Å². The zero-order valence-corrected chi connectivity index (χ0v) is 13.3. The van der Waals surface area contributed by atoms with Crippen LogP contribution in [0.25, 0.3) is 0 Å². The molecular weight excluding hydrogens is 244 g/mol. The topological polar surface area (TPSA) is 15.3 Å². The first-order valence-electron chi connectivity index (χ1n) is 8.21. The first-order chi connectivity index (χ1) is 9.65. The van der Waals surface area contributed by atoms with Gasteiger partial charge in [-0.05, 0) is 50.7 Å². The Morgan fingerprint density at radius 2 is 1.70 bits per heavy atom. The molecule has 0 aromatic heterocycles. The average Bonchev–Trinajstić information content (AvgIpc) is 2.47. The lowest BCUT2D eigenvalue weighted by Crippen LogP contribution is -2.45. The maximum absolute atomic E-state index is 3.82. The normalized spacial score (nSPS) is 18.5. The van der Waals surface area contributed by atoms with Gasteiger partial charge in [-0.15, -0.1) is 0 Å².